The van der Waals surface area contributed by atoms with Gasteiger partial charge in [0.2, 0.25) is 11.8 Å². The highest BCUT2D eigenvalue weighted by molar-refractivity contribution is 5.83. The smallest absolute Gasteiger partial charge is 0.227 e. The average molecular weight is 320 g/mol. The third-order valence-electron chi connectivity index (χ3n) is 4.44. The van der Waals surface area contributed by atoms with Gasteiger partial charge in [0.15, 0.2) is 0 Å². The second-order valence-corrected chi connectivity index (χ2v) is 6.19. The minimum absolute atomic E-state index is 0.0946. The summed E-state index contributed by atoms with van der Waals surface area (Å²) >= 11 is 0. The van der Waals surface area contributed by atoms with Gasteiger partial charge in [-0.05, 0) is 37.5 Å². The molecule has 0 spiro atoms. The molecule has 0 bridgehead atoms. The van der Waals surface area contributed by atoms with E-state index in [4.69, 9.17) is 0 Å². The lowest BCUT2D eigenvalue weighted by Crippen LogP contribution is -2.39. The van der Waals surface area contributed by atoms with Crippen LogP contribution in [-0.4, -0.2) is 24.9 Å². The van der Waals surface area contributed by atoms with Gasteiger partial charge in [0, 0.05) is 19.0 Å². The van der Waals surface area contributed by atoms with Gasteiger partial charge in [0.25, 0.3) is 0 Å². The highest BCUT2D eigenvalue weighted by Gasteiger charge is 2.20. The maximum absolute atomic E-state index is 13.2. The first-order chi connectivity index (χ1) is 11.1. The fourth-order valence-electron chi connectivity index (χ4n) is 2.96. The molecule has 126 valence electrons. The molecular weight excluding hydrogens is 295 g/mol. The zero-order valence-electron chi connectivity index (χ0n) is 13.6. The van der Waals surface area contributed by atoms with E-state index in [9.17, 15) is 14.0 Å². The molecule has 1 aliphatic rings. The molecule has 2 amide bonds. The molecule has 0 saturated heterocycles. The van der Waals surface area contributed by atoms with Gasteiger partial charge in [0.05, 0.1) is 5.92 Å². The quantitative estimate of drug-likeness (QED) is 0.792. The number of hydrogen-bond acceptors (Lipinski definition) is 2. The summed E-state index contributed by atoms with van der Waals surface area (Å²) in [6.45, 7) is 2.55. The Morgan fingerprint density at radius 3 is 2.57 bits per heavy atom. The zero-order valence-corrected chi connectivity index (χ0v) is 13.6. The Kier molecular flexibility index (Phi) is 6.56. The predicted octanol–water partition coefficient (Wildman–Crippen LogP) is 2.74. The van der Waals surface area contributed by atoms with E-state index in [2.05, 4.69) is 10.6 Å². The van der Waals surface area contributed by atoms with Crippen LogP contribution in [-0.2, 0) is 9.59 Å². The number of carbonyl (C=O) groups is 2. The van der Waals surface area contributed by atoms with E-state index in [0.29, 0.717) is 18.7 Å². The molecule has 0 aliphatic heterocycles. The summed E-state index contributed by atoms with van der Waals surface area (Å²) in [6.07, 6.45) is 5.40. The molecule has 1 aliphatic carbocycles. The minimum atomic E-state index is -0.417. The molecule has 2 N–H and O–H groups in total. The van der Waals surface area contributed by atoms with Gasteiger partial charge < -0.3 is 10.6 Å². The van der Waals surface area contributed by atoms with Gasteiger partial charge in [-0.2, -0.15) is 0 Å². The number of nitrogens with one attached hydrogen (secondary N) is 2. The highest BCUT2D eigenvalue weighted by atomic mass is 19.1. The third-order valence-corrected chi connectivity index (χ3v) is 4.44. The Morgan fingerprint density at radius 1 is 1.17 bits per heavy atom. The van der Waals surface area contributed by atoms with Crippen molar-refractivity contribution in [1.82, 2.24) is 10.6 Å². The monoisotopic (exact) mass is 320 g/mol. The molecule has 0 radical (unpaired) electrons. The fraction of sp³-hybridized carbons (Fsp3) is 0.556. The van der Waals surface area contributed by atoms with Crippen molar-refractivity contribution in [2.45, 2.75) is 44.9 Å². The molecule has 1 aromatic carbocycles. The van der Waals surface area contributed by atoms with Gasteiger partial charge in [-0.3, -0.25) is 9.59 Å². The SMILES string of the molecule is CC(C(=O)NCCNC(=O)C1CCCCC1)c1cccc(F)c1. The van der Waals surface area contributed by atoms with Gasteiger partial charge in [0.1, 0.15) is 5.82 Å². The molecule has 1 unspecified atom stereocenters. The van der Waals surface area contributed by atoms with Gasteiger partial charge in [-0.1, -0.05) is 31.4 Å². The lowest BCUT2D eigenvalue weighted by atomic mass is 9.89. The van der Waals surface area contributed by atoms with E-state index in [1.807, 2.05) is 0 Å². The molecular formula is C18H25FN2O2. The fourth-order valence-corrected chi connectivity index (χ4v) is 2.96. The van der Waals surface area contributed by atoms with E-state index < -0.39 is 5.92 Å². The maximum atomic E-state index is 13.2. The van der Waals surface area contributed by atoms with Crippen molar-refractivity contribution < 1.29 is 14.0 Å². The van der Waals surface area contributed by atoms with Crippen LogP contribution < -0.4 is 10.6 Å². The molecule has 1 saturated carbocycles. The van der Waals surface area contributed by atoms with E-state index >= 15 is 0 Å². The van der Waals surface area contributed by atoms with Crippen LogP contribution in [0.15, 0.2) is 24.3 Å². The van der Waals surface area contributed by atoms with E-state index in [1.54, 1.807) is 19.1 Å². The van der Waals surface area contributed by atoms with E-state index in [0.717, 1.165) is 25.7 Å². The number of hydrogen-bond donors (Lipinski definition) is 2. The van der Waals surface area contributed by atoms with Crippen LogP contribution in [0.1, 0.15) is 50.5 Å². The van der Waals surface area contributed by atoms with Crippen LogP contribution in [0.5, 0.6) is 0 Å². The van der Waals surface area contributed by atoms with Crippen molar-refractivity contribution in [1.29, 1.82) is 0 Å². The van der Waals surface area contributed by atoms with Crippen LogP contribution in [0.2, 0.25) is 0 Å². The average Bonchev–Trinajstić information content (AvgIpc) is 2.58. The lowest BCUT2D eigenvalue weighted by Gasteiger charge is -2.20. The van der Waals surface area contributed by atoms with Crippen LogP contribution in [0.3, 0.4) is 0 Å². The van der Waals surface area contributed by atoms with Gasteiger partial charge in [-0.15, -0.1) is 0 Å². The van der Waals surface area contributed by atoms with Crippen molar-refractivity contribution in [3.05, 3.63) is 35.6 Å². The van der Waals surface area contributed by atoms with Crippen LogP contribution in [0.25, 0.3) is 0 Å². The Labute approximate surface area is 136 Å². The summed E-state index contributed by atoms with van der Waals surface area (Å²) in [4.78, 5) is 24.0. The lowest BCUT2D eigenvalue weighted by molar-refractivity contribution is -0.126. The van der Waals surface area contributed by atoms with Crippen molar-refractivity contribution >= 4 is 11.8 Å². The first-order valence-electron chi connectivity index (χ1n) is 8.39. The molecule has 5 heteroatoms. The summed E-state index contributed by atoms with van der Waals surface area (Å²) in [5.74, 6) is -0.702. The summed E-state index contributed by atoms with van der Waals surface area (Å²) in [7, 11) is 0. The maximum Gasteiger partial charge on any atom is 0.227 e. The molecule has 0 heterocycles. The summed E-state index contributed by atoms with van der Waals surface area (Å²) < 4.78 is 13.2. The van der Waals surface area contributed by atoms with E-state index in [-0.39, 0.29) is 23.5 Å². The molecule has 0 aromatic heterocycles. The van der Waals surface area contributed by atoms with Crippen LogP contribution >= 0.6 is 0 Å². The zero-order chi connectivity index (χ0) is 16.7. The Hall–Kier alpha value is -1.91. The molecule has 2 rings (SSSR count). The first kappa shape index (κ1) is 17.4. The summed E-state index contributed by atoms with van der Waals surface area (Å²) in [5.41, 5.74) is 0.647. The second-order valence-electron chi connectivity index (χ2n) is 6.19. The molecule has 1 fully saturated rings. The predicted molar refractivity (Wildman–Crippen MR) is 87.4 cm³/mol. The minimum Gasteiger partial charge on any atom is -0.354 e. The number of halogens is 1. The Balaban J connectivity index is 1.69. The molecule has 1 aromatic rings. The van der Waals surface area contributed by atoms with Gasteiger partial charge >= 0.3 is 0 Å². The molecule has 23 heavy (non-hydrogen) atoms. The Bertz CT molecular complexity index is 542. The number of amides is 2. The summed E-state index contributed by atoms with van der Waals surface area (Å²) in [6, 6.07) is 6.06. The third kappa shape index (κ3) is 5.34. The van der Waals surface area contributed by atoms with Gasteiger partial charge in [-0.25, -0.2) is 4.39 Å². The normalized spacial score (nSPS) is 16.6. The second kappa shape index (κ2) is 8.65. The standard InChI is InChI=1S/C18H25FN2O2/c1-13(15-8-5-9-16(19)12-15)17(22)20-10-11-21-18(23)14-6-3-2-4-7-14/h5,8-9,12-14H,2-4,6-7,10-11H2,1H3,(H,20,22)(H,21,23). The Morgan fingerprint density at radius 2 is 1.87 bits per heavy atom. The van der Waals surface area contributed by atoms with Crippen molar-refractivity contribution in [3.63, 3.8) is 0 Å². The number of rotatable bonds is 6. The first-order valence-corrected chi connectivity index (χ1v) is 8.39. The number of benzene rings is 1. The van der Waals surface area contributed by atoms with Crippen molar-refractivity contribution in [2.75, 3.05) is 13.1 Å². The topological polar surface area (TPSA) is 58.2 Å². The number of carbonyl (C=O) groups excluding carboxylic acids is 2. The largest absolute Gasteiger partial charge is 0.354 e. The van der Waals surface area contributed by atoms with Crippen LogP contribution in [0.4, 0.5) is 4.39 Å². The van der Waals surface area contributed by atoms with Crippen molar-refractivity contribution in [3.8, 4) is 0 Å². The highest BCUT2D eigenvalue weighted by Crippen LogP contribution is 2.23. The van der Waals surface area contributed by atoms with Crippen LogP contribution in [0, 0.1) is 11.7 Å². The van der Waals surface area contributed by atoms with Crippen molar-refractivity contribution in [2.24, 2.45) is 5.92 Å². The molecule has 4 nitrogen and oxygen atoms in total. The summed E-state index contributed by atoms with van der Waals surface area (Å²) in [5, 5.41) is 5.66. The van der Waals surface area contributed by atoms with E-state index in [1.165, 1.54) is 18.6 Å². The molecule has 1 atom stereocenters.